The van der Waals surface area contributed by atoms with Gasteiger partial charge in [-0.05, 0) is 18.2 Å². The van der Waals surface area contributed by atoms with Crippen LogP contribution in [0.1, 0.15) is 28.8 Å². The molecule has 0 atom stereocenters. The Bertz CT molecular complexity index is 743. The van der Waals surface area contributed by atoms with Crippen molar-refractivity contribution in [1.82, 2.24) is 9.47 Å². The average Bonchev–Trinajstić information content (AvgIpc) is 3.16. The van der Waals surface area contributed by atoms with Crippen LogP contribution in [-0.4, -0.2) is 34.4 Å². The fourth-order valence-corrected chi connectivity index (χ4v) is 3.57. The summed E-state index contributed by atoms with van der Waals surface area (Å²) in [6, 6.07) is 11.4. The molecule has 0 radical (unpaired) electrons. The molecule has 1 amide bonds. The second-order valence-corrected chi connectivity index (χ2v) is 6.17. The number of hydrogen-bond donors (Lipinski definition) is 0. The molecule has 0 aliphatic carbocycles. The molecule has 1 saturated heterocycles. The lowest BCUT2D eigenvalue weighted by Gasteiger charge is -2.38. The van der Waals surface area contributed by atoms with Crippen molar-refractivity contribution in [2.45, 2.75) is 25.0 Å². The van der Waals surface area contributed by atoms with Crippen molar-refractivity contribution >= 4 is 11.9 Å². The molecule has 23 heavy (non-hydrogen) atoms. The molecule has 2 aliphatic heterocycles. The standard InChI is InChI=1S/C18H18N2O3/c21-16(13-19-9-3-4-10-19)20-11-7-18(8-12-20)15-6-2-1-5-14(15)17(22)23-18/h1-6,9-10H,7-8,11-13H2. The lowest BCUT2D eigenvalue weighted by atomic mass is 9.84. The number of carbonyl (C=O) groups excluding carboxylic acids is 2. The Hall–Kier alpha value is -2.56. The fourth-order valence-electron chi connectivity index (χ4n) is 3.57. The molecule has 3 heterocycles. The molecule has 2 aliphatic rings. The minimum atomic E-state index is -0.544. The van der Waals surface area contributed by atoms with Crippen LogP contribution in [0.15, 0.2) is 48.8 Å². The number of likely N-dealkylation sites (tertiary alicyclic amines) is 1. The summed E-state index contributed by atoms with van der Waals surface area (Å²) in [5, 5.41) is 0. The number of aromatic nitrogens is 1. The van der Waals surface area contributed by atoms with Crippen molar-refractivity contribution in [3.8, 4) is 0 Å². The second kappa shape index (κ2) is 5.26. The normalized spacial score (nSPS) is 18.8. The number of hydrogen-bond acceptors (Lipinski definition) is 3. The van der Waals surface area contributed by atoms with Gasteiger partial charge in [0.15, 0.2) is 0 Å². The molecule has 0 N–H and O–H groups in total. The average molecular weight is 310 g/mol. The molecule has 5 nitrogen and oxygen atoms in total. The molecule has 5 heteroatoms. The highest BCUT2D eigenvalue weighted by Crippen LogP contribution is 2.43. The van der Waals surface area contributed by atoms with Crippen molar-refractivity contribution in [2.24, 2.45) is 0 Å². The van der Waals surface area contributed by atoms with E-state index in [9.17, 15) is 9.59 Å². The van der Waals surface area contributed by atoms with Crippen molar-refractivity contribution < 1.29 is 14.3 Å². The van der Waals surface area contributed by atoms with Gasteiger partial charge in [0.2, 0.25) is 5.91 Å². The van der Waals surface area contributed by atoms with E-state index >= 15 is 0 Å². The van der Waals surface area contributed by atoms with Crippen LogP contribution in [0.5, 0.6) is 0 Å². The van der Waals surface area contributed by atoms with Crippen LogP contribution in [-0.2, 0) is 21.7 Å². The van der Waals surface area contributed by atoms with Gasteiger partial charge in [0.05, 0.1) is 5.56 Å². The third-order valence-electron chi connectivity index (χ3n) is 4.83. The van der Waals surface area contributed by atoms with Crippen LogP contribution in [0.4, 0.5) is 0 Å². The largest absolute Gasteiger partial charge is 0.450 e. The van der Waals surface area contributed by atoms with Gasteiger partial charge in [-0.25, -0.2) is 4.79 Å². The van der Waals surface area contributed by atoms with Gasteiger partial charge in [0.25, 0.3) is 0 Å². The Morgan fingerprint density at radius 2 is 1.78 bits per heavy atom. The number of amides is 1. The maximum absolute atomic E-state index is 12.4. The number of carbonyl (C=O) groups is 2. The molecule has 1 aromatic carbocycles. The van der Waals surface area contributed by atoms with Gasteiger partial charge < -0.3 is 14.2 Å². The van der Waals surface area contributed by atoms with Gasteiger partial charge in [-0.3, -0.25) is 4.79 Å². The summed E-state index contributed by atoms with van der Waals surface area (Å²) in [5.74, 6) is -0.138. The van der Waals surface area contributed by atoms with Crippen molar-refractivity contribution in [1.29, 1.82) is 0 Å². The zero-order valence-corrected chi connectivity index (χ0v) is 12.8. The number of nitrogens with zero attached hydrogens (tertiary/aromatic N) is 2. The predicted molar refractivity (Wildman–Crippen MR) is 83.8 cm³/mol. The van der Waals surface area contributed by atoms with Gasteiger partial charge in [0, 0.05) is 43.9 Å². The molecular formula is C18H18N2O3. The molecule has 1 fully saturated rings. The summed E-state index contributed by atoms with van der Waals surface area (Å²) in [4.78, 5) is 26.3. The van der Waals surface area contributed by atoms with E-state index in [0.717, 1.165) is 5.56 Å². The highest BCUT2D eigenvalue weighted by molar-refractivity contribution is 5.94. The summed E-state index contributed by atoms with van der Waals surface area (Å²) >= 11 is 0. The maximum atomic E-state index is 12.4. The monoisotopic (exact) mass is 310 g/mol. The van der Waals surface area contributed by atoms with Gasteiger partial charge in [0.1, 0.15) is 12.1 Å². The minimum absolute atomic E-state index is 0.105. The first kappa shape index (κ1) is 14.1. The molecule has 1 aromatic heterocycles. The van der Waals surface area contributed by atoms with E-state index in [2.05, 4.69) is 0 Å². The quantitative estimate of drug-likeness (QED) is 0.799. The first-order chi connectivity index (χ1) is 11.2. The number of fused-ring (bicyclic) bond motifs is 2. The number of rotatable bonds is 2. The molecule has 4 rings (SSSR count). The smallest absolute Gasteiger partial charge is 0.339 e. The topological polar surface area (TPSA) is 51.5 Å². The van der Waals surface area contributed by atoms with E-state index in [1.807, 2.05) is 58.3 Å². The van der Waals surface area contributed by atoms with Gasteiger partial charge in [-0.1, -0.05) is 18.2 Å². The molecule has 2 aromatic rings. The minimum Gasteiger partial charge on any atom is -0.450 e. The lowest BCUT2D eigenvalue weighted by Crippen LogP contribution is -2.46. The van der Waals surface area contributed by atoms with Gasteiger partial charge >= 0.3 is 5.97 Å². The summed E-state index contributed by atoms with van der Waals surface area (Å²) in [5.41, 5.74) is 1.10. The number of esters is 1. The van der Waals surface area contributed by atoms with Crippen LogP contribution in [0.2, 0.25) is 0 Å². The van der Waals surface area contributed by atoms with Crippen LogP contribution >= 0.6 is 0 Å². The summed E-state index contributed by atoms with van der Waals surface area (Å²) < 4.78 is 7.58. The van der Waals surface area contributed by atoms with Crippen molar-refractivity contribution in [2.75, 3.05) is 13.1 Å². The highest BCUT2D eigenvalue weighted by atomic mass is 16.6. The third-order valence-corrected chi connectivity index (χ3v) is 4.83. The zero-order valence-electron chi connectivity index (χ0n) is 12.8. The van der Waals surface area contributed by atoms with E-state index in [-0.39, 0.29) is 11.9 Å². The Morgan fingerprint density at radius 1 is 1.09 bits per heavy atom. The summed E-state index contributed by atoms with van der Waals surface area (Å²) in [6.07, 6.45) is 5.09. The number of ether oxygens (including phenoxy) is 1. The Labute approximate surface area is 134 Å². The van der Waals surface area contributed by atoms with Crippen LogP contribution in [0.3, 0.4) is 0 Å². The highest BCUT2D eigenvalue weighted by Gasteiger charge is 2.47. The van der Waals surface area contributed by atoms with Gasteiger partial charge in [-0.15, -0.1) is 0 Å². The lowest BCUT2D eigenvalue weighted by molar-refractivity contribution is -0.136. The molecule has 1 spiro atoms. The van der Waals surface area contributed by atoms with E-state index in [4.69, 9.17) is 4.74 Å². The zero-order chi connectivity index (χ0) is 15.9. The number of benzene rings is 1. The van der Waals surface area contributed by atoms with E-state index in [1.165, 1.54) is 0 Å². The SMILES string of the molecule is O=C1OC2(CCN(C(=O)Cn3cccc3)CC2)c2ccccc21. The Kier molecular flexibility index (Phi) is 3.22. The Morgan fingerprint density at radius 3 is 2.52 bits per heavy atom. The van der Waals surface area contributed by atoms with E-state index in [1.54, 1.807) is 0 Å². The van der Waals surface area contributed by atoms with Crippen molar-refractivity contribution in [3.63, 3.8) is 0 Å². The van der Waals surface area contributed by atoms with Gasteiger partial charge in [-0.2, -0.15) is 0 Å². The van der Waals surface area contributed by atoms with Crippen LogP contribution in [0, 0.1) is 0 Å². The van der Waals surface area contributed by atoms with E-state index in [0.29, 0.717) is 38.0 Å². The first-order valence-corrected chi connectivity index (χ1v) is 7.89. The van der Waals surface area contributed by atoms with E-state index < -0.39 is 5.60 Å². The summed E-state index contributed by atoms with van der Waals surface area (Å²) in [6.45, 7) is 1.58. The predicted octanol–water partition coefficient (Wildman–Crippen LogP) is 2.18. The maximum Gasteiger partial charge on any atom is 0.339 e. The van der Waals surface area contributed by atoms with Crippen molar-refractivity contribution in [3.05, 3.63) is 59.9 Å². The molecular weight excluding hydrogens is 292 g/mol. The van der Waals surface area contributed by atoms with Crippen LogP contribution in [0.25, 0.3) is 0 Å². The molecule has 0 saturated carbocycles. The first-order valence-electron chi connectivity index (χ1n) is 7.89. The molecule has 0 unspecified atom stereocenters. The van der Waals surface area contributed by atoms with Crippen LogP contribution < -0.4 is 0 Å². The molecule has 0 bridgehead atoms. The second-order valence-electron chi connectivity index (χ2n) is 6.17. The fraction of sp³-hybridized carbons (Fsp3) is 0.333. The third kappa shape index (κ3) is 2.32. The molecule has 118 valence electrons. The number of piperidine rings is 1. The Balaban J connectivity index is 1.47. The summed E-state index contributed by atoms with van der Waals surface area (Å²) in [7, 11) is 0.